The van der Waals surface area contributed by atoms with Crippen molar-refractivity contribution in [2.75, 3.05) is 0 Å². The number of para-hydroxylation sites is 3. The van der Waals surface area contributed by atoms with E-state index in [1.165, 1.54) is 325 Å². The summed E-state index contributed by atoms with van der Waals surface area (Å²) in [6.45, 7) is 0. The Hall–Kier alpha value is -19.6. The minimum absolute atomic E-state index is 1.16. The molecule has 0 fully saturated rings. The van der Waals surface area contributed by atoms with Crippen LogP contribution < -0.4 is 0 Å². The van der Waals surface area contributed by atoms with Crippen LogP contribution in [0, 0.1) is 0 Å². The first-order chi connectivity index (χ1) is 74.5. The molecule has 0 saturated heterocycles. The first-order valence-corrected chi connectivity index (χ1v) is 52.3. The van der Waals surface area contributed by atoms with Crippen LogP contribution in [0.25, 0.3) is 231 Å². The van der Waals surface area contributed by atoms with Crippen LogP contribution in [-0.4, -0.2) is 9.13 Å². The van der Waals surface area contributed by atoms with E-state index in [0.717, 1.165) is 5.69 Å². The Kier molecular flexibility index (Phi) is 18.4. The fourth-order valence-corrected chi connectivity index (χ4v) is 26.9. The molecule has 690 valence electrons. The molecule has 0 N–H and O–H groups in total. The molecule has 0 aliphatic heterocycles. The molecule has 0 radical (unpaired) electrons. The van der Waals surface area contributed by atoms with Crippen molar-refractivity contribution in [1.29, 1.82) is 0 Å². The summed E-state index contributed by atoms with van der Waals surface area (Å²) in [5, 5.41) is 23.1. The summed E-state index contributed by atoms with van der Waals surface area (Å²) in [4.78, 5) is 0. The minimum atomic E-state index is 1.16. The Bertz CT molecular complexity index is 10800. The molecule has 2 aromatic heterocycles. The van der Waals surface area contributed by atoms with Gasteiger partial charge in [-0.05, 0) is 349 Å². The zero-order valence-electron chi connectivity index (χ0n) is 81.7. The Morgan fingerprint density at radius 3 is 0.680 bits per heavy atom. The molecular formula is C148H88N2. The van der Waals surface area contributed by atoms with Crippen LogP contribution in [0.15, 0.2) is 534 Å². The largest absolute Gasteiger partial charge is 0.309 e. The average molecular weight is 1890 g/mol. The maximum atomic E-state index is 2.48. The predicted molar refractivity (Wildman–Crippen MR) is 634 cm³/mol. The SMILES string of the molecule is c1ccc(C2=C3C(=C(c4ccc5c(c4)-c4cccc6cccc-5c46)c4c3ccc3ccccc43)c3ccc4ccccc4c32)cc1.c1ccc(C2=C3C(=C(c4ccc5c(c4)c4cc(-c6ccccc6)ccc4n5-c4ccccc4)c4c3ccc3ccccc43)c3ccc4ccccc4c32)cc1.c1ccc(C2=C3C(=C(c4ccc5c(c4)c4ccccc4n5-c4ccccc4)c4c3ccc3ccccc43)c3ccc4ccccc4c32)cc1. The highest BCUT2D eigenvalue weighted by molar-refractivity contribution is 6.43. The molecule has 2 nitrogen and oxygen atoms in total. The minimum Gasteiger partial charge on any atom is -0.309 e. The van der Waals surface area contributed by atoms with E-state index in [1.807, 2.05) is 0 Å². The van der Waals surface area contributed by atoms with Crippen LogP contribution in [0.5, 0.6) is 0 Å². The van der Waals surface area contributed by atoms with E-state index < -0.39 is 0 Å². The number of rotatable bonds is 9. The van der Waals surface area contributed by atoms with E-state index in [1.54, 1.807) is 0 Å². The van der Waals surface area contributed by atoms with Gasteiger partial charge in [-0.1, -0.05) is 461 Å². The van der Waals surface area contributed by atoms with Crippen molar-refractivity contribution in [3.8, 4) is 44.8 Å². The molecule has 7 aliphatic carbocycles. The van der Waals surface area contributed by atoms with Crippen molar-refractivity contribution in [2.24, 2.45) is 0 Å². The molecule has 2 heteroatoms. The maximum Gasteiger partial charge on any atom is 0.0541 e. The lowest BCUT2D eigenvalue weighted by atomic mass is 9.87. The molecule has 27 aromatic rings. The first kappa shape index (κ1) is 83.8. The van der Waals surface area contributed by atoms with Gasteiger partial charge in [-0.25, -0.2) is 0 Å². The first-order valence-electron chi connectivity index (χ1n) is 52.3. The van der Waals surface area contributed by atoms with Gasteiger partial charge < -0.3 is 9.13 Å². The summed E-state index contributed by atoms with van der Waals surface area (Å²) in [5.74, 6) is 0. The number of benzene rings is 25. The summed E-state index contributed by atoms with van der Waals surface area (Å²) >= 11 is 0. The molecule has 0 saturated carbocycles. The third-order valence-corrected chi connectivity index (χ3v) is 33.1. The molecular weight excluding hydrogens is 1810 g/mol. The van der Waals surface area contributed by atoms with E-state index in [2.05, 4.69) is 543 Å². The van der Waals surface area contributed by atoms with Gasteiger partial charge in [0.25, 0.3) is 0 Å². The monoisotopic (exact) mass is 1890 g/mol. The van der Waals surface area contributed by atoms with Crippen LogP contribution in [0.2, 0.25) is 0 Å². The maximum absolute atomic E-state index is 2.48. The molecule has 0 amide bonds. The van der Waals surface area contributed by atoms with Crippen LogP contribution >= 0.6 is 0 Å². The van der Waals surface area contributed by atoms with Crippen molar-refractivity contribution in [2.45, 2.75) is 0 Å². The molecule has 0 atom stereocenters. The van der Waals surface area contributed by atoms with Crippen LogP contribution in [0.4, 0.5) is 0 Å². The smallest absolute Gasteiger partial charge is 0.0541 e. The van der Waals surface area contributed by atoms with Crippen molar-refractivity contribution in [1.82, 2.24) is 9.13 Å². The summed E-state index contributed by atoms with van der Waals surface area (Å²) < 4.78 is 4.83. The summed E-state index contributed by atoms with van der Waals surface area (Å²) in [7, 11) is 0. The van der Waals surface area contributed by atoms with Gasteiger partial charge >= 0.3 is 0 Å². The van der Waals surface area contributed by atoms with Gasteiger partial charge in [0.05, 0.1) is 22.1 Å². The van der Waals surface area contributed by atoms with E-state index in [0.29, 0.717) is 0 Å². The Labute approximate surface area is 867 Å². The number of fused-ring (bicyclic) bond motifs is 36. The zero-order chi connectivity index (χ0) is 98.0. The molecule has 25 aromatic carbocycles. The van der Waals surface area contributed by atoms with Gasteiger partial charge in [-0.3, -0.25) is 0 Å². The van der Waals surface area contributed by atoms with Crippen molar-refractivity contribution >= 4 is 186 Å². The fraction of sp³-hybridized carbons (Fsp3) is 0. The summed E-state index contributed by atoms with van der Waals surface area (Å²) in [6.07, 6.45) is 0. The van der Waals surface area contributed by atoms with E-state index in [4.69, 9.17) is 0 Å². The number of aromatic nitrogens is 2. The Morgan fingerprint density at radius 2 is 0.340 bits per heavy atom. The second kappa shape index (κ2) is 32.9. The molecule has 34 rings (SSSR count). The Balaban J connectivity index is 0.0000000997. The van der Waals surface area contributed by atoms with Gasteiger partial charge in [-0.15, -0.1) is 0 Å². The predicted octanol–water partition coefficient (Wildman–Crippen LogP) is 38.4. The third-order valence-electron chi connectivity index (χ3n) is 33.1. The average Bonchev–Trinajstić information content (AvgIpc) is 1.53. The lowest BCUT2D eigenvalue weighted by Crippen LogP contribution is -1.95. The highest BCUT2D eigenvalue weighted by Gasteiger charge is 2.44. The lowest BCUT2D eigenvalue weighted by molar-refractivity contribution is 1.18. The number of hydrogen-bond acceptors (Lipinski definition) is 0. The highest BCUT2D eigenvalue weighted by Crippen LogP contribution is 2.66. The van der Waals surface area contributed by atoms with Crippen molar-refractivity contribution in [3.63, 3.8) is 0 Å². The standard InChI is InChI=1S/C54H33N.C48H29N.C46H26/c1-4-14-34(15-5-1)38-26-30-47-45(32-38)46-33-39(27-31-48(46)55(47)40-20-8-3-9-21-40)50-52-42-23-13-11-17-36(42)25-29-44(52)53-49(37-18-6-2-7-19-37)51-41-22-12-10-16-35(41)24-28-43(51)54(50)53;1-3-15-32(16-4-1)43-45-35-19-9-7-13-30(35)23-26-38(45)48-44(46-36-20-10-8-14-31(36)24-27-39(46)47(43)48)33-25-28-42-40(29-33)37-21-11-12-22-41(37)49(42)34-17-5-2-6-18-34;1-2-12-30(13-3-1)41-43-32-16-6-4-10-27(32)20-24-37(43)46-42(44-33-17-7-5-11-28(33)21-25-38(44)45(41)46)31-22-23-34-35-18-8-14-29-15-9-19-36(40(29)35)39(34)26-31/h1-33H;1-29H;1-26H. The van der Waals surface area contributed by atoms with Gasteiger partial charge in [0, 0.05) is 32.9 Å². The third kappa shape index (κ3) is 12.3. The summed E-state index contributed by atoms with van der Waals surface area (Å²) in [5.41, 5.74) is 54.5. The van der Waals surface area contributed by atoms with Gasteiger partial charge in [0.15, 0.2) is 0 Å². The second-order valence-electron chi connectivity index (χ2n) is 40.7. The normalized spacial score (nSPS) is 13.6. The van der Waals surface area contributed by atoms with Crippen LogP contribution in [-0.2, 0) is 0 Å². The molecule has 0 unspecified atom stereocenters. The quantitative estimate of drug-likeness (QED) is 0.136. The molecule has 150 heavy (non-hydrogen) atoms. The highest BCUT2D eigenvalue weighted by atomic mass is 15.0. The van der Waals surface area contributed by atoms with Gasteiger partial charge in [0.1, 0.15) is 0 Å². The second-order valence-corrected chi connectivity index (χ2v) is 40.7. The van der Waals surface area contributed by atoms with Gasteiger partial charge in [-0.2, -0.15) is 0 Å². The number of hydrogen-bond donors (Lipinski definition) is 0. The molecule has 0 bridgehead atoms. The zero-order valence-corrected chi connectivity index (χ0v) is 81.7. The number of nitrogens with zero attached hydrogens (tertiary/aromatic N) is 2. The van der Waals surface area contributed by atoms with E-state index >= 15 is 0 Å². The lowest BCUT2D eigenvalue weighted by Gasteiger charge is -2.16. The van der Waals surface area contributed by atoms with Crippen molar-refractivity contribution in [3.05, 3.63) is 634 Å². The molecule has 7 aliphatic rings. The molecule has 0 spiro atoms. The van der Waals surface area contributed by atoms with Crippen LogP contribution in [0.1, 0.15) is 100 Å². The topological polar surface area (TPSA) is 9.86 Å². The Morgan fingerprint density at radius 1 is 0.107 bits per heavy atom. The van der Waals surface area contributed by atoms with Gasteiger partial charge in [0.2, 0.25) is 0 Å². The molecule has 2 heterocycles. The number of allylic oxidation sites excluding steroid dienone is 6. The summed E-state index contributed by atoms with van der Waals surface area (Å²) in [6, 6.07) is 198. The van der Waals surface area contributed by atoms with Crippen LogP contribution in [0.3, 0.4) is 0 Å². The van der Waals surface area contributed by atoms with E-state index in [-0.39, 0.29) is 0 Å². The fourth-order valence-electron chi connectivity index (χ4n) is 26.9. The van der Waals surface area contributed by atoms with E-state index in [9.17, 15) is 0 Å². The van der Waals surface area contributed by atoms with Crippen molar-refractivity contribution < 1.29 is 0 Å².